The van der Waals surface area contributed by atoms with Crippen molar-refractivity contribution in [2.24, 2.45) is 0 Å². The Hall–Kier alpha value is -3.56. The number of fused-ring (bicyclic) bond motifs is 5. The van der Waals surface area contributed by atoms with Crippen LogP contribution in [0.5, 0.6) is 0 Å². The molecule has 33 heavy (non-hydrogen) atoms. The Balaban J connectivity index is 1.54. The van der Waals surface area contributed by atoms with Gasteiger partial charge in [0.25, 0.3) is 5.91 Å². The average molecular weight is 458 g/mol. The van der Waals surface area contributed by atoms with Crippen molar-refractivity contribution in [2.45, 2.75) is 6.42 Å². The number of para-hydroxylation sites is 2. The lowest BCUT2D eigenvalue weighted by Gasteiger charge is -2.22. The Bertz CT molecular complexity index is 1480. The van der Waals surface area contributed by atoms with Gasteiger partial charge in [0, 0.05) is 36.6 Å². The fourth-order valence-electron chi connectivity index (χ4n) is 4.45. The van der Waals surface area contributed by atoms with Gasteiger partial charge in [-0.05, 0) is 50.3 Å². The van der Waals surface area contributed by atoms with Crippen molar-refractivity contribution in [1.29, 1.82) is 0 Å². The van der Waals surface area contributed by atoms with E-state index in [9.17, 15) is 4.79 Å². The normalized spacial score (nSPS) is 15.4. The molecule has 1 amide bonds. The molecule has 1 saturated heterocycles. The number of anilines is 2. The predicted octanol–water partition coefficient (Wildman–Crippen LogP) is 3.89. The molecule has 0 unspecified atom stereocenters. The maximum atomic E-state index is 13.2. The molecule has 0 aliphatic carbocycles. The number of rotatable bonds is 3. The molecule has 1 aliphatic heterocycles. The van der Waals surface area contributed by atoms with Crippen molar-refractivity contribution in [3.8, 4) is 0 Å². The number of nitrogens with zero attached hydrogens (tertiary/aromatic N) is 6. The van der Waals surface area contributed by atoms with E-state index in [0.717, 1.165) is 60.5 Å². The van der Waals surface area contributed by atoms with E-state index in [1.807, 2.05) is 40.1 Å². The number of benzene rings is 1. The summed E-state index contributed by atoms with van der Waals surface area (Å²) in [6, 6.07) is 13.9. The maximum Gasteiger partial charge on any atom is 0.261 e. The number of nitrogens with one attached hydrogen (secondary N) is 1. The summed E-state index contributed by atoms with van der Waals surface area (Å²) in [6.07, 6.45) is 2.78. The summed E-state index contributed by atoms with van der Waals surface area (Å²) in [4.78, 5) is 32.0. The van der Waals surface area contributed by atoms with E-state index in [1.54, 1.807) is 6.20 Å². The van der Waals surface area contributed by atoms with Crippen LogP contribution in [0.3, 0.4) is 0 Å². The summed E-state index contributed by atoms with van der Waals surface area (Å²) in [5.41, 5.74) is 3.66. The van der Waals surface area contributed by atoms with E-state index < -0.39 is 0 Å². The lowest BCUT2D eigenvalue weighted by molar-refractivity contribution is 0.102. The molecular formula is C24H23N7OS. The van der Waals surface area contributed by atoms with Crippen LogP contribution in [0.1, 0.15) is 16.8 Å². The molecule has 4 aromatic heterocycles. The molecule has 1 aliphatic rings. The Kier molecular flexibility index (Phi) is 4.92. The van der Waals surface area contributed by atoms with Gasteiger partial charge in [0.1, 0.15) is 11.5 Å². The molecule has 0 atom stereocenters. The van der Waals surface area contributed by atoms with Gasteiger partial charge in [-0.3, -0.25) is 14.5 Å². The zero-order valence-electron chi connectivity index (χ0n) is 18.2. The summed E-state index contributed by atoms with van der Waals surface area (Å²) < 4.78 is 2.01. The van der Waals surface area contributed by atoms with Crippen LogP contribution >= 0.6 is 11.3 Å². The van der Waals surface area contributed by atoms with E-state index in [1.165, 1.54) is 11.3 Å². The molecule has 0 spiro atoms. The smallest absolute Gasteiger partial charge is 0.261 e. The molecule has 166 valence electrons. The van der Waals surface area contributed by atoms with Crippen LogP contribution in [-0.2, 0) is 0 Å². The van der Waals surface area contributed by atoms with Gasteiger partial charge in [-0.15, -0.1) is 11.3 Å². The Morgan fingerprint density at radius 1 is 1.03 bits per heavy atom. The molecule has 8 nitrogen and oxygen atoms in total. The van der Waals surface area contributed by atoms with E-state index in [-0.39, 0.29) is 5.91 Å². The summed E-state index contributed by atoms with van der Waals surface area (Å²) in [5.74, 6) is 0.726. The average Bonchev–Trinajstić information content (AvgIpc) is 3.42. The number of hydrogen-bond acceptors (Lipinski definition) is 7. The quantitative estimate of drug-likeness (QED) is 0.443. The van der Waals surface area contributed by atoms with Crippen LogP contribution in [0.4, 0.5) is 10.9 Å². The number of pyridine rings is 2. The number of imidazole rings is 1. The first-order valence-electron chi connectivity index (χ1n) is 11.0. The minimum Gasteiger partial charge on any atom is -0.355 e. The monoisotopic (exact) mass is 457 g/mol. The highest BCUT2D eigenvalue weighted by Crippen LogP contribution is 2.28. The highest BCUT2D eigenvalue weighted by molar-refractivity contribution is 7.13. The van der Waals surface area contributed by atoms with Gasteiger partial charge in [-0.2, -0.15) is 0 Å². The maximum absolute atomic E-state index is 13.2. The number of thiazole rings is 1. The first-order valence-corrected chi connectivity index (χ1v) is 11.9. The van der Waals surface area contributed by atoms with Crippen molar-refractivity contribution in [3.05, 3.63) is 59.6 Å². The van der Waals surface area contributed by atoms with Crippen molar-refractivity contribution in [3.63, 3.8) is 0 Å². The van der Waals surface area contributed by atoms with Crippen LogP contribution in [0.15, 0.2) is 54.0 Å². The summed E-state index contributed by atoms with van der Waals surface area (Å²) in [7, 11) is 2.16. The predicted molar refractivity (Wildman–Crippen MR) is 132 cm³/mol. The first kappa shape index (κ1) is 20.1. The zero-order valence-corrected chi connectivity index (χ0v) is 19.0. The third-order valence-electron chi connectivity index (χ3n) is 6.14. The molecule has 6 rings (SSSR count). The van der Waals surface area contributed by atoms with Crippen molar-refractivity contribution in [2.75, 3.05) is 43.4 Å². The second kappa shape index (κ2) is 8.09. The van der Waals surface area contributed by atoms with Crippen molar-refractivity contribution < 1.29 is 4.79 Å². The van der Waals surface area contributed by atoms with Gasteiger partial charge >= 0.3 is 0 Å². The number of amides is 1. The van der Waals surface area contributed by atoms with E-state index >= 15 is 0 Å². The molecule has 0 bridgehead atoms. The minimum atomic E-state index is -0.230. The Labute approximate surface area is 194 Å². The van der Waals surface area contributed by atoms with Crippen LogP contribution < -0.4 is 10.2 Å². The molecule has 0 radical (unpaired) electrons. The van der Waals surface area contributed by atoms with Gasteiger partial charge in [-0.25, -0.2) is 15.0 Å². The Morgan fingerprint density at radius 3 is 2.82 bits per heavy atom. The molecule has 1 aromatic carbocycles. The number of aromatic nitrogens is 4. The highest BCUT2D eigenvalue weighted by Gasteiger charge is 2.20. The van der Waals surface area contributed by atoms with E-state index in [4.69, 9.17) is 9.97 Å². The standard InChI is InChI=1S/C24H23N7OS/c1-29-10-4-11-30(13-12-29)20-8-7-16-15-17(23(32)28-24-25-9-14-33-24)22-26-18-5-2-3-6-19(18)31(22)21(16)27-20/h2-3,5-9,14-15H,4,10-13H2,1H3,(H,25,28,32). The summed E-state index contributed by atoms with van der Waals surface area (Å²) in [5, 5.41) is 6.19. The fourth-order valence-corrected chi connectivity index (χ4v) is 4.97. The van der Waals surface area contributed by atoms with Crippen LogP contribution in [0.2, 0.25) is 0 Å². The summed E-state index contributed by atoms with van der Waals surface area (Å²) >= 11 is 1.39. The third-order valence-corrected chi connectivity index (χ3v) is 6.83. The largest absolute Gasteiger partial charge is 0.355 e. The number of likely N-dealkylation sites (N-methyl/N-ethyl adjacent to an activating group) is 1. The lowest BCUT2D eigenvalue weighted by Crippen LogP contribution is -2.29. The van der Waals surface area contributed by atoms with Crippen LogP contribution in [0.25, 0.3) is 27.7 Å². The van der Waals surface area contributed by atoms with E-state index in [2.05, 4.69) is 39.3 Å². The van der Waals surface area contributed by atoms with E-state index in [0.29, 0.717) is 16.3 Å². The lowest BCUT2D eigenvalue weighted by atomic mass is 10.2. The second-order valence-electron chi connectivity index (χ2n) is 8.34. The SMILES string of the molecule is CN1CCCN(c2ccc3cc(C(=O)Nc4nccs4)c4nc5ccccc5n4c3n2)CC1. The van der Waals surface area contributed by atoms with Crippen LogP contribution in [0, 0.1) is 0 Å². The first-order chi connectivity index (χ1) is 16.2. The topological polar surface area (TPSA) is 78.7 Å². The number of carbonyl (C=O) groups excluding carboxylic acids is 1. The second-order valence-corrected chi connectivity index (χ2v) is 9.23. The Morgan fingerprint density at radius 2 is 1.94 bits per heavy atom. The molecule has 5 heterocycles. The van der Waals surface area contributed by atoms with Gasteiger partial charge in [-0.1, -0.05) is 12.1 Å². The van der Waals surface area contributed by atoms with Gasteiger partial charge in [0.15, 0.2) is 10.8 Å². The molecular weight excluding hydrogens is 434 g/mol. The fraction of sp³-hybridized carbons (Fsp3) is 0.250. The third kappa shape index (κ3) is 3.59. The molecule has 5 aromatic rings. The highest BCUT2D eigenvalue weighted by atomic mass is 32.1. The zero-order chi connectivity index (χ0) is 22.4. The van der Waals surface area contributed by atoms with Crippen molar-refractivity contribution >= 4 is 55.9 Å². The van der Waals surface area contributed by atoms with Gasteiger partial charge in [0.05, 0.1) is 16.6 Å². The van der Waals surface area contributed by atoms with Gasteiger partial charge in [0.2, 0.25) is 0 Å². The van der Waals surface area contributed by atoms with Gasteiger partial charge < -0.3 is 9.80 Å². The minimum absolute atomic E-state index is 0.230. The number of hydrogen-bond donors (Lipinski definition) is 1. The molecule has 9 heteroatoms. The molecule has 0 saturated carbocycles. The number of carbonyl (C=O) groups is 1. The summed E-state index contributed by atoms with van der Waals surface area (Å²) in [6.45, 7) is 4.03. The molecule has 1 fully saturated rings. The molecule has 1 N–H and O–H groups in total. The van der Waals surface area contributed by atoms with Crippen molar-refractivity contribution in [1.82, 2.24) is 24.3 Å². The van der Waals surface area contributed by atoms with Crippen LogP contribution in [-0.4, -0.2) is 63.4 Å².